The van der Waals surface area contributed by atoms with Crippen molar-refractivity contribution in [3.05, 3.63) is 83.2 Å². The molecule has 4 rings (SSSR count). The van der Waals surface area contributed by atoms with Crippen molar-refractivity contribution in [1.82, 2.24) is 15.1 Å². The smallest absolute Gasteiger partial charge is 0.225 e. The number of methoxy groups -OCH3 is 1. The lowest BCUT2D eigenvalue weighted by molar-refractivity contribution is -0.121. The van der Waals surface area contributed by atoms with Gasteiger partial charge in [-0.15, -0.1) is 0 Å². The minimum Gasteiger partial charge on any atom is -0.496 e. The van der Waals surface area contributed by atoms with Crippen LogP contribution in [0.2, 0.25) is 0 Å². The van der Waals surface area contributed by atoms with Crippen molar-refractivity contribution in [1.29, 1.82) is 0 Å². The highest BCUT2D eigenvalue weighted by Crippen LogP contribution is 2.30. The number of rotatable bonds is 6. The normalized spacial score (nSPS) is 15.7. The van der Waals surface area contributed by atoms with Gasteiger partial charge in [-0.1, -0.05) is 48.5 Å². The standard InChI is InChI=1S/C23H25N3O2/c1-28-22-13-6-5-10-18(22)14-23(27)25-20-11-7-12-21-19(20)15-24-26(21)16-17-8-3-2-4-9-17/h2-6,8-10,13,15,20H,7,11-12,14,16H2,1H3,(H,25,27). The van der Waals surface area contributed by atoms with Gasteiger partial charge >= 0.3 is 0 Å². The molecule has 5 heteroatoms. The summed E-state index contributed by atoms with van der Waals surface area (Å²) in [4.78, 5) is 12.7. The first-order chi connectivity index (χ1) is 13.7. The molecule has 5 nitrogen and oxygen atoms in total. The van der Waals surface area contributed by atoms with Crippen LogP contribution >= 0.6 is 0 Å². The molecule has 0 fully saturated rings. The summed E-state index contributed by atoms with van der Waals surface area (Å²) in [7, 11) is 1.63. The quantitative estimate of drug-likeness (QED) is 0.715. The number of hydrogen-bond donors (Lipinski definition) is 1. The molecule has 1 amide bonds. The van der Waals surface area contributed by atoms with Gasteiger partial charge in [-0.05, 0) is 30.9 Å². The first-order valence-electron chi connectivity index (χ1n) is 9.74. The zero-order valence-corrected chi connectivity index (χ0v) is 16.1. The summed E-state index contributed by atoms with van der Waals surface area (Å²) in [6.45, 7) is 0.762. The van der Waals surface area contributed by atoms with Gasteiger partial charge in [0.15, 0.2) is 0 Å². The van der Waals surface area contributed by atoms with E-state index in [1.54, 1.807) is 7.11 Å². The summed E-state index contributed by atoms with van der Waals surface area (Å²) in [5.41, 5.74) is 4.52. The van der Waals surface area contributed by atoms with Crippen LogP contribution in [0.4, 0.5) is 0 Å². The molecule has 0 bridgehead atoms. The maximum atomic E-state index is 12.7. The number of carbonyl (C=O) groups is 1. The predicted octanol–water partition coefficient (Wildman–Crippen LogP) is 3.68. The second-order valence-corrected chi connectivity index (χ2v) is 7.19. The number of aromatic nitrogens is 2. The topological polar surface area (TPSA) is 56.1 Å². The first-order valence-corrected chi connectivity index (χ1v) is 9.74. The lowest BCUT2D eigenvalue weighted by Crippen LogP contribution is -2.32. The Morgan fingerprint density at radius 1 is 1.18 bits per heavy atom. The van der Waals surface area contributed by atoms with E-state index in [1.165, 1.54) is 11.3 Å². The minimum atomic E-state index is 0.0122. The Bertz CT molecular complexity index is 949. The fourth-order valence-corrected chi connectivity index (χ4v) is 3.93. The van der Waals surface area contributed by atoms with Crippen molar-refractivity contribution >= 4 is 5.91 Å². The maximum Gasteiger partial charge on any atom is 0.225 e. The number of amides is 1. The van der Waals surface area contributed by atoms with Crippen molar-refractivity contribution in [2.24, 2.45) is 0 Å². The SMILES string of the molecule is COc1ccccc1CC(=O)NC1CCCc2c1cnn2Cc1ccccc1. The number of benzene rings is 2. The highest BCUT2D eigenvalue weighted by molar-refractivity contribution is 5.79. The van der Waals surface area contributed by atoms with Crippen molar-refractivity contribution < 1.29 is 9.53 Å². The van der Waals surface area contributed by atoms with Crippen LogP contribution in [0.15, 0.2) is 60.8 Å². The van der Waals surface area contributed by atoms with Crippen LogP contribution in [0, 0.1) is 0 Å². The van der Waals surface area contributed by atoms with Gasteiger partial charge in [0.2, 0.25) is 5.91 Å². The van der Waals surface area contributed by atoms with Gasteiger partial charge in [-0.2, -0.15) is 5.10 Å². The summed E-state index contributed by atoms with van der Waals surface area (Å²) >= 11 is 0. The van der Waals surface area contributed by atoms with Gasteiger partial charge in [-0.3, -0.25) is 9.48 Å². The molecule has 1 aliphatic carbocycles. The molecule has 0 saturated heterocycles. The first kappa shape index (κ1) is 18.3. The van der Waals surface area contributed by atoms with Crippen molar-refractivity contribution in [3.8, 4) is 5.75 Å². The number of para-hydroxylation sites is 1. The van der Waals surface area contributed by atoms with E-state index >= 15 is 0 Å². The summed E-state index contributed by atoms with van der Waals surface area (Å²) in [5, 5.41) is 7.81. The third kappa shape index (κ3) is 3.93. The van der Waals surface area contributed by atoms with Crippen molar-refractivity contribution in [2.45, 2.75) is 38.3 Å². The Morgan fingerprint density at radius 2 is 1.96 bits per heavy atom. The fourth-order valence-electron chi connectivity index (χ4n) is 3.93. The third-order valence-corrected chi connectivity index (χ3v) is 5.32. The number of nitrogens with zero attached hydrogens (tertiary/aromatic N) is 2. The van der Waals surface area contributed by atoms with E-state index in [4.69, 9.17) is 4.74 Å². The number of ether oxygens (including phenoxy) is 1. The zero-order valence-electron chi connectivity index (χ0n) is 16.1. The maximum absolute atomic E-state index is 12.7. The van der Waals surface area contributed by atoms with Crippen molar-refractivity contribution in [3.63, 3.8) is 0 Å². The average molecular weight is 375 g/mol. The van der Waals surface area contributed by atoms with E-state index in [0.717, 1.165) is 42.7 Å². The van der Waals surface area contributed by atoms with Crippen LogP contribution in [0.25, 0.3) is 0 Å². The molecule has 1 aliphatic rings. The average Bonchev–Trinajstić information content (AvgIpc) is 3.13. The number of carbonyl (C=O) groups excluding carboxylic acids is 1. The number of nitrogens with one attached hydrogen (secondary N) is 1. The summed E-state index contributed by atoms with van der Waals surface area (Å²) < 4.78 is 7.43. The van der Waals surface area contributed by atoms with E-state index in [1.807, 2.05) is 48.7 Å². The predicted molar refractivity (Wildman–Crippen MR) is 108 cm³/mol. The van der Waals surface area contributed by atoms with Gasteiger partial charge in [0.25, 0.3) is 0 Å². The van der Waals surface area contributed by atoms with E-state index in [2.05, 4.69) is 27.2 Å². The molecule has 0 radical (unpaired) electrons. The van der Waals surface area contributed by atoms with Crippen LogP contribution in [0.1, 0.15) is 41.3 Å². The molecular formula is C23H25N3O2. The summed E-state index contributed by atoms with van der Waals surface area (Å²) in [6.07, 6.45) is 5.23. The molecule has 1 unspecified atom stereocenters. The number of hydrogen-bond acceptors (Lipinski definition) is 3. The number of fused-ring (bicyclic) bond motifs is 1. The molecule has 1 aromatic heterocycles. The Kier molecular flexibility index (Phi) is 5.42. The van der Waals surface area contributed by atoms with Crippen LogP contribution < -0.4 is 10.1 Å². The minimum absolute atomic E-state index is 0.0122. The van der Waals surface area contributed by atoms with Crippen molar-refractivity contribution in [2.75, 3.05) is 7.11 Å². The summed E-state index contributed by atoms with van der Waals surface area (Å²) in [5.74, 6) is 0.760. The van der Waals surface area contributed by atoms with Crippen LogP contribution in [-0.4, -0.2) is 22.8 Å². The molecule has 28 heavy (non-hydrogen) atoms. The Morgan fingerprint density at radius 3 is 2.79 bits per heavy atom. The molecule has 1 atom stereocenters. The van der Waals surface area contributed by atoms with Gasteiger partial charge in [0.1, 0.15) is 5.75 Å². The highest BCUT2D eigenvalue weighted by atomic mass is 16.5. The zero-order chi connectivity index (χ0) is 19.3. The van der Waals surface area contributed by atoms with Gasteiger partial charge < -0.3 is 10.1 Å². The molecule has 0 spiro atoms. The molecule has 2 aromatic carbocycles. The van der Waals surface area contributed by atoms with Gasteiger partial charge in [0.05, 0.1) is 32.3 Å². The monoisotopic (exact) mass is 375 g/mol. The van der Waals surface area contributed by atoms with E-state index in [-0.39, 0.29) is 11.9 Å². The Balaban J connectivity index is 1.47. The van der Waals surface area contributed by atoms with Crippen LogP contribution in [-0.2, 0) is 24.2 Å². The van der Waals surface area contributed by atoms with Gasteiger partial charge in [-0.25, -0.2) is 0 Å². The molecule has 1 N–H and O–H groups in total. The molecule has 3 aromatic rings. The molecule has 0 aliphatic heterocycles. The molecule has 144 valence electrons. The lowest BCUT2D eigenvalue weighted by atomic mass is 9.92. The molecule has 0 saturated carbocycles. The third-order valence-electron chi connectivity index (χ3n) is 5.32. The summed E-state index contributed by atoms with van der Waals surface area (Å²) in [6, 6.07) is 18.0. The lowest BCUT2D eigenvalue weighted by Gasteiger charge is -2.24. The molecular weight excluding hydrogens is 350 g/mol. The van der Waals surface area contributed by atoms with Gasteiger partial charge in [0, 0.05) is 16.8 Å². The fraction of sp³-hybridized carbons (Fsp3) is 0.304. The largest absolute Gasteiger partial charge is 0.496 e. The van der Waals surface area contributed by atoms with Crippen LogP contribution in [0.5, 0.6) is 5.75 Å². The van der Waals surface area contributed by atoms with E-state index in [0.29, 0.717) is 6.42 Å². The van der Waals surface area contributed by atoms with Crippen LogP contribution in [0.3, 0.4) is 0 Å². The highest BCUT2D eigenvalue weighted by Gasteiger charge is 2.25. The van der Waals surface area contributed by atoms with E-state index in [9.17, 15) is 4.79 Å². The molecule has 1 heterocycles. The Labute approximate surface area is 165 Å². The second-order valence-electron chi connectivity index (χ2n) is 7.19. The van der Waals surface area contributed by atoms with E-state index < -0.39 is 0 Å². The Hall–Kier alpha value is -3.08. The second kappa shape index (κ2) is 8.30.